The first-order valence-corrected chi connectivity index (χ1v) is 14.5. The van der Waals surface area contributed by atoms with E-state index in [1.54, 1.807) is 0 Å². The van der Waals surface area contributed by atoms with Crippen molar-refractivity contribution in [3.63, 3.8) is 0 Å². The molecule has 0 saturated carbocycles. The summed E-state index contributed by atoms with van der Waals surface area (Å²) < 4.78 is 5.80. The standard InChI is InChI=1S/C33H35N3O6/c37-23-18-29(30(38)39)36(20-23)31(40)33(14-16-35(17-15-33)19-22-8-2-1-3-9-22)34-32(41)42-21-28-26-12-6-4-10-24(26)25-11-5-7-13-27(25)28/h1-13,23,28-29,37H,14-21H2,(H,34,41)(H,38,39)/t23-,29-/m0/s1. The summed E-state index contributed by atoms with van der Waals surface area (Å²) in [5.41, 5.74) is 4.21. The first-order chi connectivity index (χ1) is 20.3. The Morgan fingerprint density at radius 2 is 1.48 bits per heavy atom. The predicted molar refractivity (Wildman–Crippen MR) is 156 cm³/mol. The molecular formula is C33H35N3O6. The molecule has 0 spiro atoms. The van der Waals surface area contributed by atoms with Gasteiger partial charge in [0.25, 0.3) is 0 Å². The molecule has 3 aromatic carbocycles. The molecule has 2 amide bonds. The highest BCUT2D eigenvalue weighted by atomic mass is 16.5. The van der Waals surface area contributed by atoms with Crippen LogP contribution in [0.2, 0.25) is 0 Å². The lowest BCUT2D eigenvalue weighted by Gasteiger charge is -2.43. The molecule has 2 saturated heterocycles. The van der Waals surface area contributed by atoms with Gasteiger partial charge in [0.1, 0.15) is 18.2 Å². The predicted octanol–water partition coefficient (Wildman–Crippen LogP) is 3.61. The van der Waals surface area contributed by atoms with E-state index in [-0.39, 0.29) is 25.5 Å². The van der Waals surface area contributed by atoms with Crippen LogP contribution in [-0.4, -0.2) is 81.9 Å². The summed E-state index contributed by atoms with van der Waals surface area (Å²) in [6.45, 7) is 1.77. The van der Waals surface area contributed by atoms with E-state index in [4.69, 9.17) is 4.74 Å². The number of ether oxygens (including phenoxy) is 1. The number of piperidine rings is 1. The van der Waals surface area contributed by atoms with E-state index in [0.717, 1.165) is 27.8 Å². The van der Waals surface area contributed by atoms with Gasteiger partial charge in [-0.1, -0.05) is 78.9 Å². The van der Waals surface area contributed by atoms with Gasteiger partial charge in [-0.2, -0.15) is 0 Å². The van der Waals surface area contributed by atoms with E-state index in [0.29, 0.717) is 32.5 Å². The second-order valence-electron chi connectivity index (χ2n) is 11.5. The van der Waals surface area contributed by atoms with Crippen LogP contribution in [0.25, 0.3) is 11.1 Å². The molecular weight excluding hydrogens is 534 g/mol. The highest BCUT2D eigenvalue weighted by molar-refractivity contribution is 5.93. The largest absolute Gasteiger partial charge is 0.480 e. The summed E-state index contributed by atoms with van der Waals surface area (Å²) in [6.07, 6.45) is -1.10. The summed E-state index contributed by atoms with van der Waals surface area (Å²) in [4.78, 5) is 42.8. The molecule has 2 heterocycles. The number of aliphatic carboxylic acids is 1. The molecule has 2 fully saturated rings. The molecule has 6 rings (SSSR count). The van der Waals surface area contributed by atoms with Gasteiger partial charge < -0.3 is 25.2 Å². The van der Waals surface area contributed by atoms with Gasteiger partial charge in [0.2, 0.25) is 5.91 Å². The number of carboxylic acid groups (broad SMARTS) is 1. The summed E-state index contributed by atoms with van der Waals surface area (Å²) in [6, 6.07) is 25.0. The fraction of sp³-hybridized carbons (Fsp3) is 0.364. The number of aliphatic hydroxyl groups excluding tert-OH is 1. The third kappa shape index (κ3) is 5.37. The number of carbonyl (C=O) groups excluding carboxylic acids is 2. The molecule has 42 heavy (non-hydrogen) atoms. The van der Waals surface area contributed by atoms with Crippen LogP contribution in [0.5, 0.6) is 0 Å². The molecule has 1 aliphatic carbocycles. The SMILES string of the molecule is O=C(NC1(C(=O)N2C[C@@H](O)C[C@H]2C(=O)O)CCN(Cc2ccccc2)CC1)OCC1c2ccccc2-c2ccccc21. The number of aliphatic hydroxyl groups is 1. The topological polar surface area (TPSA) is 119 Å². The van der Waals surface area contributed by atoms with Gasteiger partial charge in [-0.25, -0.2) is 9.59 Å². The molecule has 9 nitrogen and oxygen atoms in total. The molecule has 2 atom stereocenters. The van der Waals surface area contributed by atoms with Gasteiger partial charge in [-0.15, -0.1) is 0 Å². The lowest BCUT2D eigenvalue weighted by atomic mass is 9.85. The Morgan fingerprint density at radius 3 is 2.10 bits per heavy atom. The zero-order valence-electron chi connectivity index (χ0n) is 23.3. The molecule has 0 bridgehead atoms. The summed E-state index contributed by atoms with van der Waals surface area (Å²) in [5, 5.41) is 22.9. The molecule has 3 aromatic rings. The monoisotopic (exact) mass is 569 g/mol. The number of carbonyl (C=O) groups is 3. The van der Waals surface area contributed by atoms with E-state index in [1.807, 2.05) is 66.7 Å². The number of alkyl carbamates (subject to hydrolysis) is 1. The Labute approximate surface area is 244 Å². The summed E-state index contributed by atoms with van der Waals surface area (Å²) in [5.74, 6) is -1.79. The van der Waals surface area contributed by atoms with Crippen molar-refractivity contribution in [2.45, 2.75) is 49.4 Å². The number of nitrogens with one attached hydrogen (secondary N) is 1. The second-order valence-corrected chi connectivity index (χ2v) is 11.5. The number of β-amino-alcohol motifs (C(OH)–C–C–N with tert-alkyl or cyclic N) is 1. The molecule has 3 N–H and O–H groups in total. The van der Waals surface area contributed by atoms with Crippen LogP contribution in [0.15, 0.2) is 78.9 Å². The number of benzene rings is 3. The molecule has 0 unspecified atom stereocenters. The molecule has 3 aliphatic rings. The van der Waals surface area contributed by atoms with Crippen molar-refractivity contribution in [2.24, 2.45) is 0 Å². The molecule has 2 aliphatic heterocycles. The minimum Gasteiger partial charge on any atom is -0.480 e. The average Bonchev–Trinajstić information content (AvgIpc) is 3.55. The van der Waals surface area contributed by atoms with Gasteiger partial charge in [0.15, 0.2) is 0 Å². The number of hydrogen-bond donors (Lipinski definition) is 3. The number of likely N-dealkylation sites (tertiary alicyclic amines) is 2. The van der Waals surface area contributed by atoms with Crippen molar-refractivity contribution in [3.05, 3.63) is 95.6 Å². The van der Waals surface area contributed by atoms with Gasteiger partial charge >= 0.3 is 12.1 Å². The quantitative estimate of drug-likeness (QED) is 0.398. The average molecular weight is 570 g/mol. The lowest BCUT2D eigenvalue weighted by Crippen LogP contribution is -2.65. The number of nitrogens with zero attached hydrogens (tertiary/aromatic N) is 2. The fourth-order valence-electron chi connectivity index (χ4n) is 6.70. The maximum Gasteiger partial charge on any atom is 0.408 e. The van der Waals surface area contributed by atoms with Crippen LogP contribution >= 0.6 is 0 Å². The minimum absolute atomic E-state index is 0.0395. The zero-order chi connectivity index (χ0) is 29.3. The van der Waals surface area contributed by atoms with Crippen LogP contribution in [0.3, 0.4) is 0 Å². The first kappa shape index (κ1) is 27.9. The fourth-order valence-corrected chi connectivity index (χ4v) is 6.70. The Kier molecular flexibility index (Phi) is 7.70. The van der Waals surface area contributed by atoms with Gasteiger partial charge in [-0.05, 0) is 40.7 Å². The van der Waals surface area contributed by atoms with Gasteiger partial charge in [0.05, 0.1) is 6.10 Å². The number of hydrogen-bond acceptors (Lipinski definition) is 6. The number of rotatable bonds is 7. The van der Waals surface area contributed by atoms with Crippen LogP contribution in [-0.2, 0) is 20.9 Å². The molecule has 0 aromatic heterocycles. The first-order valence-electron chi connectivity index (χ1n) is 14.5. The Morgan fingerprint density at radius 1 is 0.881 bits per heavy atom. The minimum atomic E-state index is -1.34. The maximum atomic E-state index is 14.0. The van der Waals surface area contributed by atoms with Crippen molar-refractivity contribution >= 4 is 18.0 Å². The summed E-state index contributed by atoms with van der Waals surface area (Å²) >= 11 is 0. The Hall–Kier alpha value is -4.21. The van der Waals surface area contributed by atoms with Crippen molar-refractivity contribution in [1.82, 2.24) is 15.1 Å². The molecule has 0 radical (unpaired) electrons. The van der Waals surface area contributed by atoms with E-state index in [1.165, 1.54) is 4.90 Å². The Bertz CT molecular complexity index is 1420. The van der Waals surface area contributed by atoms with Gasteiger partial charge in [0, 0.05) is 38.5 Å². The maximum absolute atomic E-state index is 14.0. The van der Waals surface area contributed by atoms with Crippen LogP contribution in [0.4, 0.5) is 4.79 Å². The van der Waals surface area contributed by atoms with Crippen molar-refractivity contribution in [2.75, 3.05) is 26.2 Å². The van der Waals surface area contributed by atoms with Crippen molar-refractivity contribution in [1.29, 1.82) is 0 Å². The van der Waals surface area contributed by atoms with Crippen molar-refractivity contribution in [3.8, 4) is 11.1 Å². The van der Waals surface area contributed by atoms with Crippen LogP contribution in [0, 0.1) is 0 Å². The van der Waals surface area contributed by atoms with Gasteiger partial charge in [-0.3, -0.25) is 9.69 Å². The van der Waals surface area contributed by atoms with Crippen LogP contribution < -0.4 is 5.32 Å². The second kappa shape index (κ2) is 11.6. The third-order valence-corrected chi connectivity index (χ3v) is 8.88. The van der Waals surface area contributed by atoms with E-state index in [9.17, 15) is 24.6 Å². The normalized spacial score (nSPS) is 21.4. The smallest absolute Gasteiger partial charge is 0.408 e. The number of fused-ring (bicyclic) bond motifs is 3. The lowest BCUT2D eigenvalue weighted by molar-refractivity contribution is -0.152. The van der Waals surface area contributed by atoms with Crippen molar-refractivity contribution < 1.29 is 29.3 Å². The zero-order valence-corrected chi connectivity index (χ0v) is 23.3. The van der Waals surface area contributed by atoms with Crippen LogP contribution in [0.1, 0.15) is 41.9 Å². The van der Waals surface area contributed by atoms with E-state index < -0.39 is 35.7 Å². The molecule has 218 valence electrons. The number of carboxylic acids is 1. The number of amides is 2. The highest BCUT2D eigenvalue weighted by Gasteiger charge is 2.50. The van der Waals surface area contributed by atoms with E-state index in [2.05, 4.69) is 22.3 Å². The molecule has 9 heteroatoms. The Balaban J connectivity index is 1.19. The third-order valence-electron chi connectivity index (χ3n) is 8.88. The summed E-state index contributed by atoms with van der Waals surface area (Å²) in [7, 11) is 0. The highest BCUT2D eigenvalue weighted by Crippen LogP contribution is 2.44. The van der Waals surface area contributed by atoms with E-state index >= 15 is 0 Å².